The molecule has 2 fully saturated rings. The first kappa shape index (κ1) is 19.1. The molecule has 1 aromatic heterocycles. The van der Waals surface area contributed by atoms with Gasteiger partial charge < -0.3 is 19.6 Å². The Labute approximate surface area is 168 Å². The Morgan fingerprint density at radius 2 is 1.55 bits per heavy atom. The molecule has 8 nitrogen and oxygen atoms in total. The second-order valence-corrected chi connectivity index (χ2v) is 7.13. The minimum absolute atomic E-state index is 0.112. The monoisotopic (exact) mass is 398 g/mol. The fourth-order valence-corrected chi connectivity index (χ4v) is 3.63. The summed E-state index contributed by atoms with van der Waals surface area (Å²) in [5.41, 5.74) is 1.33. The van der Waals surface area contributed by atoms with Crippen LogP contribution in [0.25, 0.3) is 0 Å². The molecule has 4 rings (SSSR count). The van der Waals surface area contributed by atoms with Crippen molar-refractivity contribution in [2.45, 2.75) is 0 Å². The highest BCUT2D eigenvalue weighted by atomic mass is 19.1. The van der Waals surface area contributed by atoms with Gasteiger partial charge in [-0.2, -0.15) is 0 Å². The van der Waals surface area contributed by atoms with Crippen LogP contribution in [-0.2, 0) is 4.79 Å². The topological polar surface area (TPSA) is 72.9 Å². The van der Waals surface area contributed by atoms with E-state index in [4.69, 9.17) is 0 Å². The molecule has 0 saturated carbocycles. The highest BCUT2D eigenvalue weighted by Gasteiger charge is 2.25. The van der Waals surface area contributed by atoms with Crippen LogP contribution in [0.4, 0.5) is 16.0 Å². The molecular weight excluding hydrogens is 375 g/mol. The van der Waals surface area contributed by atoms with Crippen LogP contribution in [0.15, 0.2) is 36.5 Å². The molecule has 0 bridgehead atoms. The first-order valence-corrected chi connectivity index (χ1v) is 9.71. The maximum Gasteiger partial charge on any atom is 0.272 e. The predicted molar refractivity (Wildman–Crippen MR) is 106 cm³/mol. The summed E-state index contributed by atoms with van der Waals surface area (Å²) < 4.78 is 13.1. The molecule has 0 aliphatic carbocycles. The number of hydrogen-bond donors (Lipinski definition) is 0. The Kier molecular flexibility index (Phi) is 5.55. The number of halogens is 1. The van der Waals surface area contributed by atoms with Gasteiger partial charge in [-0.05, 0) is 30.3 Å². The summed E-state index contributed by atoms with van der Waals surface area (Å²) in [7, 11) is 0. The second-order valence-electron chi connectivity index (χ2n) is 7.13. The van der Waals surface area contributed by atoms with Crippen molar-refractivity contribution in [2.75, 3.05) is 62.2 Å². The first-order chi connectivity index (χ1) is 14.1. The van der Waals surface area contributed by atoms with Gasteiger partial charge in [-0.3, -0.25) is 9.59 Å². The van der Waals surface area contributed by atoms with E-state index in [-0.39, 0.29) is 11.7 Å². The molecule has 0 N–H and O–H groups in total. The van der Waals surface area contributed by atoms with Crippen LogP contribution in [0, 0.1) is 5.82 Å². The van der Waals surface area contributed by atoms with Gasteiger partial charge in [0.25, 0.3) is 5.91 Å². The van der Waals surface area contributed by atoms with Gasteiger partial charge in [0.05, 0.1) is 0 Å². The SMILES string of the molecule is O=CN1CCN(c2nccc(C(=O)N3CCN(c4ccc(F)cc4)CC3)n2)CC1. The van der Waals surface area contributed by atoms with Gasteiger partial charge in [-0.25, -0.2) is 14.4 Å². The van der Waals surface area contributed by atoms with Crippen molar-refractivity contribution in [1.29, 1.82) is 0 Å². The Morgan fingerprint density at radius 1 is 0.897 bits per heavy atom. The molecule has 2 aromatic rings. The lowest BCUT2D eigenvalue weighted by Gasteiger charge is -2.36. The molecular formula is C20H23FN6O2. The number of rotatable bonds is 4. The van der Waals surface area contributed by atoms with Gasteiger partial charge in [0, 0.05) is 64.2 Å². The third-order valence-corrected chi connectivity index (χ3v) is 5.37. The number of carbonyl (C=O) groups is 2. The summed E-state index contributed by atoms with van der Waals surface area (Å²) in [4.78, 5) is 40.2. The number of carbonyl (C=O) groups excluding carboxylic acids is 2. The largest absolute Gasteiger partial charge is 0.368 e. The Balaban J connectivity index is 1.38. The van der Waals surface area contributed by atoms with Crippen molar-refractivity contribution in [3.8, 4) is 0 Å². The molecule has 29 heavy (non-hydrogen) atoms. The molecule has 0 unspecified atom stereocenters. The quantitative estimate of drug-likeness (QED) is 0.712. The van der Waals surface area contributed by atoms with Crippen molar-refractivity contribution in [1.82, 2.24) is 19.8 Å². The highest BCUT2D eigenvalue weighted by Crippen LogP contribution is 2.18. The van der Waals surface area contributed by atoms with Crippen molar-refractivity contribution < 1.29 is 14.0 Å². The van der Waals surface area contributed by atoms with Crippen LogP contribution in [0.5, 0.6) is 0 Å². The van der Waals surface area contributed by atoms with E-state index in [0.717, 1.165) is 12.1 Å². The summed E-state index contributed by atoms with van der Waals surface area (Å²) in [5.74, 6) is 0.153. The number of aromatic nitrogens is 2. The van der Waals surface area contributed by atoms with Gasteiger partial charge in [-0.15, -0.1) is 0 Å². The summed E-state index contributed by atoms with van der Waals surface area (Å²) >= 11 is 0. The summed E-state index contributed by atoms with van der Waals surface area (Å²) in [6.45, 7) is 5.05. The Bertz CT molecular complexity index is 862. The predicted octanol–water partition coefficient (Wildman–Crippen LogP) is 0.856. The van der Waals surface area contributed by atoms with E-state index in [1.165, 1.54) is 12.1 Å². The zero-order valence-corrected chi connectivity index (χ0v) is 16.1. The lowest BCUT2D eigenvalue weighted by molar-refractivity contribution is -0.118. The molecule has 0 radical (unpaired) electrons. The van der Waals surface area contributed by atoms with E-state index in [1.807, 2.05) is 4.90 Å². The van der Waals surface area contributed by atoms with Crippen molar-refractivity contribution in [2.24, 2.45) is 0 Å². The molecule has 152 valence electrons. The average molecular weight is 398 g/mol. The number of piperazine rings is 2. The van der Waals surface area contributed by atoms with Gasteiger partial charge in [-0.1, -0.05) is 0 Å². The molecule has 9 heteroatoms. The lowest BCUT2D eigenvalue weighted by Crippen LogP contribution is -2.49. The van der Waals surface area contributed by atoms with E-state index in [0.29, 0.717) is 64.0 Å². The Hall–Kier alpha value is -3.23. The molecule has 0 atom stereocenters. The standard InChI is InChI=1S/C20H23FN6O2/c21-16-1-3-17(4-2-16)25-11-13-26(14-12-25)19(29)18-5-6-22-20(23-18)27-9-7-24(15-28)8-10-27/h1-6,15H,7-14H2. The Morgan fingerprint density at radius 3 is 2.21 bits per heavy atom. The number of amides is 2. The highest BCUT2D eigenvalue weighted by molar-refractivity contribution is 5.92. The number of benzene rings is 1. The maximum atomic E-state index is 13.1. The number of anilines is 2. The molecule has 3 heterocycles. The normalized spacial score (nSPS) is 17.4. The molecule has 2 amide bonds. The zero-order valence-electron chi connectivity index (χ0n) is 16.1. The van der Waals surface area contributed by atoms with Gasteiger partial charge in [0.1, 0.15) is 11.5 Å². The molecule has 2 aliphatic rings. The fourth-order valence-electron chi connectivity index (χ4n) is 3.63. The van der Waals surface area contributed by atoms with Gasteiger partial charge in [0.15, 0.2) is 0 Å². The molecule has 2 aliphatic heterocycles. The van der Waals surface area contributed by atoms with E-state index < -0.39 is 0 Å². The minimum atomic E-state index is -0.255. The van der Waals surface area contributed by atoms with Crippen LogP contribution in [-0.4, -0.2) is 84.4 Å². The van der Waals surface area contributed by atoms with Crippen LogP contribution >= 0.6 is 0 Å². The molecule has 2 saturated heterocycles. The first-order valence-electron chi connectivity index (χ1n) is 9.71. The third kappa shape index (κ3) is 4.28. The maximum absolute atomic E-state index is 13.1. The third-order valence-electron chi connectivity index (χ3n) is 5.37. The average Bonchev–Trinajstić information content (AvgIpc) is 2.79. The zero-order chi connectivity index (χ0) is 20.2. The summed E-state index contributed by atoms with van der Waals surface area (Å²) in [5, 5.41) is 0. The van der Waals surface area contributed by atoms with Crippen LogP contribution < -0.4 is 9.80 Å². The smallest absolute Gasteiger partial charge is 0.272 e. The lowest BCUT2D eigenvalue weighted by atomic mass is 10.2. The van der Waals surface area contributed by atoms with Crippen LogP contribution in [0.1, 0.15) is 10.5 Å². The van der Waals surface area contributed by atoms with Crippen molar-refractivity contribution in [3.05, 3.63) is 48.0 Å². The fraction of sp³-hybridized carbons (Fsp3) is 0.400. The molecule has 0 spiro atoms. The van der Waals surface area contributed by atoms with Gasteiger partial charge >= 0.3 is 0 Å². The number of nitrogens with zero attached hydrogens (tertiary/aromatic N) is 6. The summed E-state index contributed by atoms with van der Waals surface area (Å²) in [6, 6.07) is 8.05. The van der Waals surface area contributed by atoms with Gasteiger partial charge in [0.2, 0.25) is 12.4 Å². The van der Waals surface area contributed by atoms with E-state index in [9.17, 15) is 14.0 Å². The van der Waals surface area contributed by atoms with E-state index >= 15 is 0 Å². The van der Waals surface area contributed by atoms with Crippen LogP contribution in [0.2, 0.25) is 0 Å². The molecule has 1 aromatic carbocycles. The van der Waals surface area contributed by atoms with Crippen molar-refractivity contribution in [3.63, 3.8) is 0 Å². The van der Waals surface area contributed by atoms with Crippen molar-refractivity contribution >= 4 is 24.0 Å². The van der Waals surface area contributed by atoms with E-state index in [2.05, 4.69) is 14.9 Å². The summed E-state index contributed by atoms with van der Waals surface area (Å²) in [6.07, 6.45) is 2.46. The second kappa shape index (κ2) is 8.42. The number of hydrogen-bond acceptors (Lipinski definition) is 6. The van der Waals surface area contributed by atoms with E-state index in [1.54, 1.807) is 34.2 Å². The minimum Gasteiger partial charge on any atom is -0.368 e. The van der Waals surface area contributed by atoms with Crippen LogP contribution in [0.3, 0.4) is 0 Å².